The van der Waals surface area contributed by atoms with Gasteiger partial charge in [-0.25, -0.2) is 0 Å². The van der Waals surface area contributed by atoms with Gasteiger partial charge in [0.1, 0.15) is 0 Å². The van der Waals surface area contributed by atoms with Crippen molar-refractivity contribution in [2.24, 2.45) is 0 Å². The van der Waals surface area contributed by atoms with Crippen LogP contribution >= 0.6 is 11.6 Å². The number of hydrogen-bond acceptors (Lipinski definition) is 2. The van der Waals surface area contributed by atoms with Crippen LogP contribution in [-0.2, 0) is 10.1 Å². The molecule has 0 bridgehead atoms. The van der Waals surface area contributed by atoms with Crippen LogP contribution in [0.1, 0.15) is 11.1 Å². The minimum absolute atomic E-state index is 0.173. The molecular formula is C9H9ClO3S. The van der Waals surface area contributed by atoms with Gasteiger partial charge in [-0.15, -0.1) is 0 Å². The Hall–Kier alpha value is -0.840. The van der Waals surface area contributed by atoms with E-state index < -0.39 is 10.1 Å². The van der Waals surface area contributed by atoms with Gasteiger partial charge in [-0.3, -0.25) is 4.55 Å². The van der Waals surface area contributed by atoms with Crippen molar-refractivity contribution in [3.05, 3.63) is 34.9 Å². The highest BCUT2D eigenvalue weighted by atomic mass is 35.5. The molecule has 0 aliphatic carbocycles. The molecule has 1 aromatic carbocycles. The van der Waals surface area contributed by atoms with Crippen molar-refractivity contribution in [1.82, 2.24) is 0 Å². The van der Waals surface area contributed by atoms with E-state index in [0.29, 0.717) is 11.1 Å². The van der Waals surface area contributed by atoms with Crippen molar-refractivity contribution in [2.75, 3.05) is 0 Å². The number of hydrogen-bond donors (Lipinski definition) is 1. The van der Waals surface area contributed by atoms with E-state index in [2.05, 4.69) is 6.58 Å². The standard InChI is InChI=1S/C9H9ClO3S/c1-3-7-4-5-8(14(11,12)13)6(2)9(7)10/h3-5H,1H2,2H3,(H,11,12,13). The molecule has 0 aromatic heterocycles. The first-order valence-electron chi connectivity index (χ1n) is 3.77. The van der Waals surface area contributed by atoms with Gasteiger partial charge in [0.2, 0.25) is 0 Å². The molecule has 3 nitrogen and oxygen atoms in total. The predicted molar refractivity (Wildman–Crippen MR) is 56.1 cm³/mol. The summed E-state index contributed by atoms with van der Waals surface area (Å²) in [7, 11) is -4.20. The van der Waals surface area contributed by atoms with E-state index in [1.54, 1.807) is 0 Å². The van der Waals surface area contributed by atoms with Crippen LogP contribution < -0.4 is 0 Å². The minimum atomic E-state index is -4.20. The van der Waals surface area contributed by atoms with Gasteiger partial charge in [-0.05, 0) is 24.1 Å². The first-order valence-corrected chi connectivity index (χ1v) is 5.58. The summed E-state index contributed by atoms with van der Waals surface area (Å²) in [5.41, 5.74) is 0.961. The Kier molecular flexibility index (Phi) is 2.99. The summed E-state index contributed by atoms with van der Waals surface area (Å²) in [6.45, 7) is 5.05. The van der Waals surface area contributed by atoms with E-state index in [1.165, 1.54) is 25.1 Å². The Balaban J connectivity index is 3.54. The lowest BCUT2D eigenvalue weighted by Gasteiger charge is -2.06. The minimum Gasteiger partial charge on any atom is -0.282 e. The Labute approximate surface area is 87.8 Å². The highest BCUT2D eigenvalue weighted by Crippen LogP contribution is 2.27. The molecule has 0 unspecified atom stereocenters. The summed E-state index contributed by atoms with van der Waals surface area (Å²) in [5, 5.41) is 0.287. The van der Waals surface area contributed by atoms with Crippen LogP contribution in [0.25, 0.3) is 6.08 Å². The van der Waals surface area contributed by atoms with Gasteiger partial charge in [0, 0.05) is 0 Å². The summed E-state index contributed by atoms with van der Waals surface area (Å²) in [6.07, 6.45) is 1.52. The highest BCUT2D eigenvalue weighted by Gasteiger charge is 2.15. The molecular weight excluding hydrogens is 224 g/mol. The second-order valence-electron chi connectivity index (χ2n) is 2.77. The van der Waals surface area contributed by atoms with Crippen LogP contribution in [0.2, 0.25) is 5.02 Å². The molecule has 0 atom stereocenters. The van der Waals surface area contributed by atoms with Crippen LogP contribution in [-0.4, -0.2) is 13.0 Å². The fraction of sp³-hybridized carbons (Fsp3) is 0.111. The third-order valence-corrected chi connectivity index (χ3v) is 3.36. The first kappa shape index (κ1) is 11.2. The van der Waals surface area contributed by atoms with Gasteiger partial charge >= 0.3 is 0 Å². The fourth-order valence-corrected chi connectivity index (χ4v) is 2.15. The Bertz CT molecular complexity index is 477. The van der Waals surface area contributed by atoms with Gasteiger partial charge in [-0.2, -0.15) is 8.42 Å². The Morgan fingerprint density at radius 3 is 2.50 bits per heavy atom. The molecule has 1 rings (SSSR count). The van der Waals surface area contributed by atoms with Gasteiger partial charge in [-0.1, -0.05) is 30.3 Å². The van der Waals surface area contributed by atoms with Crippen LogP contribution in [0.5, 0.6) is 0 Å². The molecule has 0 aliphatic rings. The van der Waals surface area contributed by atoms with Gasteiger partial charge < -0.3 is 0 Å². The molecule has 0 saturated carbocycles. The lowest BCUT2D eigenvalue weighted by molar-refractivity contribution is 0.482. The number of halogens is 1. The molecule has 0 aliphatic heterocycles. The molecule has 0 amide bonds. The van der Waals surface area contributed by atoms with Crippen molar-refractivity contribution >= 4 is 27.8 Å². The topological polar surface area (TPSA) is 54.4 Å². The average Bonchev–Trinajstić information content (AvgIpc) is 2.07. The van der Waals surface area contributed by atoms with E-state index in [0.717, 1.165) is 0 Å². The zero-order valence-electron chi connectivity index (χ0n) is 7.49. The predicted octanol–water partition coefficient (Wildman–Crippen LogP) is 2.54. The molecule has 0 radical (unpaired) electrons. The molecule has 0 spiro atoms. The molecule has 0 heterocycles. The van der Waals surface area contributed by atoms with Crippen LogP contribution in [0.15, 0.2) is 23.6 Å². The van der Waals surface area contributed by atoms with Crippen molar-refractivity contribution in [1.29, 1.82) is 0 Å². The summed E-state index contributed by atoms with van der Waals surface area (Å²) < 4.78 is 30.6. The zero-order chi connectivity index (χ0) is 10.9. The molecule has 0 fully saturated rings. The Morgan fingerprint density at radius 1 is 1.50 bits per heavy atom. The summed E-state index contributed by atoms with van der Waals surface area (Å²) in [6, 6.07) is 2.79. The van der Waals surface area contributed by atoms with E-state index in [9.17, 15) is 8.42 Å². The van der Waals surface area contributed by atoms with Crippen molar-refractivity contribution in [3.8, 4) is 0 Å². The number of rotatable bonds is 2. The third-order valence-electron chi connectivity index (χ3n) is 1.86. The fourth-order valence-electron chi connectivity index (χ4n) is 1.13. The SMILES string of the molecule is C=Cc1ccc(S(=O)(=O)O)c(C)c1Cl. The molecule has 1 aromatic rings. The van der Waals surface area contributed by atoms with Crippen LogP contribution in [0.3, 0.4) is 0 Å². The molecule has 76 valence electrons. The van der Waals surface area contributed by atoms with Gasteiger partial charge in [0.05, 0.1) is 9.92 Å². The van der Waals surface area contributed by atoms with E-state index in [-0.39, 0.29) is 9.92 Å². The average molecular weight is 233 g/mol. The smallest absolute Gasteiger partial charge is 0.282 e. The summed E-state index contributed by atoms with van der Waals surface area (Å²) >= 11 is 5.86. The molecule has 5 heteroatoms. The second-order valence-corrected chi connectivity index (χ2v) is 4.54. The summed E-state index contributed by atoms with van der Waals surface area (Å²) in [5.74, 6) is 0. The first-order chi connectivity index (χ1) is 6.38. The van der Waals surface area contributed by atoms with E-state index in [4.69, 9.17) is 16.2 Å². The van der Waals surface area contributed by atoms with Crippen LogP contribution in [0.4, 0.5) is 0 Å². The van der Waals surface area contributed by atoms with Crippen LogP contribution in [0, 0.1) is 6.92 Å². The maximum absolute atomic E-state index is 10.9. The molecule has 0 saturated heterocycles. The van der Waals surface area contributed by atoms with Crippen molar-refractivity contribution in [3.63, 3.8) is 0 Å². The summed E-state index contributed by atoms with van der Waals surface area (Å²) in [4.78, 5) is -0.173. The maximum Gasteiger partial charge on any atom is 0.294 e. The quantitative estimate of drug-likeness (QED) is 0.798. The normalized spacial score (nSPS) is 11.4. The number of benzene rings is 1. The molecule has 1 N–H and O–H groups in total. The Morgan fingerprint density at radius 2 is 2.07 bits per heavy atom. The van der Waals surface area contributed by atoms with Crippen molar-refractivity contribution in [2.45, 2.75) is 11.8 Å². The van der Waals surface area contributed by atoms with Gasteiger partial charge in [0.25, 0.3) is 10.1 Å². The largest absolute Gasteiger partial charge is 0.294 e. The zero-order valence-corrected chi connectivity index (χ0v) is 9.06. The lowest BCUT2D eigenvalue weighted by atomic mass is 10.1. The third kappa shape index (κ3) is 1.97. The maximum atomic E-state index is 10.9. The second kappa shape index (κ2) is 3.73. The highest BCUT2D eigenvalue weighted by molar-refractivity contribution is 7.85. The lowest BCUT2D eigenvalue weighted by Crippen LogP contribution is -2.01. The molecule has 14 heavy (non-hydrogen) atoms. The monoisotopic (exact) mass is 232 g/mol. The van der Waals surface area contributed by atoms with Gasteiger partial charge in [0.15, 0.2) is 0 Å². The van der Waals surface area contributed by atoms with Crippen molar-refractivity contribution < 1.29 is 13.0 Å². The van der Waals surface area contributed by atoms with E-state index >= 15 is 0 Å². The van der Waals surface area contributed by atoms with E-state index in [1.807, 2.05) is 0 Å².